The Hall–Kier alpha value is -2.17. The predicted molar refractivity (Wildman–Crippen MR) is 67.6 cm³/mol. The van der Waals surface area contributed by atoms with Gasteiger partial charge < -0.3 is 4.74 Å². The van der Waals surface area contributed by atoms with Crippen molar-refractivity contribution < 1.29 is 19.1 Å². The van der Waals surface area contributed by atoms with E-state index in [1.807, 2.05) is 0 Å². The first-order chi connectivity index (χ1) is 9.06. The van der Waals surface area contributed by atoms with Crippen molar-refractivity contribution in [2.24, 2.45) is 5.92 Å². The molecule has 1 aliphatic rings. The first-order valence-corrected chi connectivity index (χ1v) is 6.18. The summed E-state index contributed by atoms with van der Waals surface area (Å²) in [5, 5.41) is 0. The van der Waals surface area contributed by atoms with Gasteiger partial charge in [-0.3, -0.25) is 19.3 Å². The predicted octanol–water partition coefficient (Wildman–Crippen LogP) is 1.48. The summed E-state index contributed by atoms with van der Waals surface area (Å²) in [7, 11) is 0. The monoisotopic (exact) mass is 261 g/mol. The van der Waals surface area contributed by atoms with Gasteiger partial charge in [-0.2, -0.15) is 0 Å². The molecular formula is C14H15NO4. The molecule has 0 saturated heterocycles. The molecular weight excluding hydrogens is 246 g/mol. The fourth-order valence-electron chi connectivity index (χ4n) is 2.04. The van der Waals surface area contributed by atoms with E-state index < -0.39 is 11.9 Å². The van der Waals surface area contributed by atoms with Crippen molar-refractivity contribution in [2.75, 3.05) is 13.2 Å². The highest BCUT2D eigenvalue weighted by molar-refractivity contribution is 6.21. The minimum Gasteiger partial charge on any atom is -0.466 e. The Kier molecular flexibility index (Phi) is 3.64. The molecule has 5 nitrogen and oxygen atoms in total. The van der Waals surface area contributed by atoms with Crippen molar-refractivity contribution in [3.05, 3.63) is 35.4 Å². The van der Waals surface area contributed by atoms with Crippen molar-refractivity contribution in [2.45, 2.75) is 13.8 Å². The number of esters is 1. The maximum atomic E-state index is 12.1. The fraction of sp³-hybridized carbons (Fsp3) is 0.357. The molecule has 0 spiro atoms. The minimum absolute atomic E-state index is 0.0468. The number of fused-ring (bicyclic) bond motifs is 1. The molecule has 100 valence electrons. The minimum atomic E-state index is -0.526. The van der Waals surface area contributed by atoms with E-state index in [0.29, 0.717) is 11.1 Å². The molecule has 1 heterocycles. The molecule has 19 heavy (non-hydrogen) atoms. The number of rotatable bonds is 4. The van der Waals surface area contributed by atoms with Crippen LogP contribution in [0.4, 0.5) is 0 Å². The Morgan fingerprint density at radius 3 is 2.21 bits per heavy atom. The normalized spacial score (nSPS) is 15.4. The molecule has 2 amide bonds. The molecule has 1 aromatic carbocycles. The second kappa shape index (κ2) is 5.22. The summed E-state index contributed by atoms with van der Waals surface area (Å²) in [5.74, 6) is -1.63. The van der Waals surface area contributed by atoms with Crippen LogP contribution in [-0.4, -0.2) is 35.8 Å². The summed E-state index contributed by atoms with van der Waals surface area (Å²) in [6, 6.07) is 6.65. The number of imide groups is 1. The van der Waals surface area contributed by atoms with Crippen LogP contribution >= 0.6 is 0 Å². The summed E-state index contributed by atoms with van der Waals surface area (Å²) >= 11 is 0. The fourth-order valence-corrected chi connectivity index (χ4v) is 2.04. The largest absolute Gasteiger partial charge is 0.466 e. The van der Waals surface area contributed by atoms with Crippen LogP contribution in [0.2, 0.25) is 0 Å². The zero-order chi connectivity index (χ0) is 14.0. The van der Waals surface area contributed by atoms with Crippen LogP contribution in [0.15, 0.2) is 24.3 Å². The van der Waals surface area contributed by atoms with E-state index >= 15 is 0 Å². The lowest BCUT2D eigenvalue weighted by Crippen LogP contribution is -2.36. The Morgan fingerprint density at radius 2 is 1.74 bits per heavy atom. The molecule has 0 N–H and O–H groups in total. The van der Waals surface area contributed by atoms with Gasteiger partial charge in [0.1, 0.15) is 0 Å². The lowest BCUT2D eigenvalue weighted by atomic mass is 10.1. The molecule has 1 aliphatic heterocycles. The maximum absolute atomic E-state index is 12.1. The van der Waals surface area contributed by atoms with Crippen molar-refractivity contribution in [3.8, 4) is 0 Å². The Morgan fingerprint density at radius 1 is 1.21 bits per heavy atom. The molecule has 0 fully saturated rings. The quantitative estimate of drug-likeness (QED) is 0.608. The number of carbonyl (C=O) groups excluding carboxylic acids is 3. The van der Waals surface area contributed by atoms with Gasteiger partial charge in [0, 0.05) is 6.54 Å². The second-order valence-electron chi connectivity index (χ2n) is 4.42. The van der Waals surface area contributed by atoms with E-state index in [4.69, 9.17) is 4.74 Å². The zero-order valence-electron chi connectivity index (χ0n) is 10.9. The third kappa shape index (κ3) is 2.36. The molecule has 0 aliphatic carbocycles. The molecule has 0 aromatic heterocycles. The first kappa shape index (κ1) is 13.3. The van der Waals surface area contributed by atoms with Gasteiger partial charge in [0.2, 0.25) is 0 Å². The van der Waals surface area contributed by atoms with Gasteiger partial charge in [0.15, 0.2) is 0 Å². The van der Waals surface area contributed by atoms with Crippen LogP contribution in [0.3, 0.4) is 0 Å². The molecule has 0 radical (unpaired) electrons. The zero-order valence-corrected chi connectivity index (χ0v) is 10.9. The number of hydrogen-bond donors (Lipinski definition) is 0. The van der Waals surface area contributed by atoms with Crippen LogP contribution in [0, 0.1) is 5.92 Å². The maximum Gasteiger partial charge on any atom is 0.310 e. The van der Waals surface area contributed by atoms with E-state index in [-0.39, 0.29) is 25.0 Å². The van der Waals surface area contributed by atoms with Crippen LogP contribution in [0.25, 0.3) is 0 Å². The standard InChI is InChI=1S/C14H15NO4/c1-3-19-14(18)9(2)8-15-12(16)10-6-4-5-7-11(10)13(15)17/h4-7,9H,3,8H2,1-2H3/t9-/m1/s1. The number of carbonyl (C=O) groups is 3. The van der Waals surface area contributed by atoms with Gasteiger partial charge in [0.05, 0.1) is 23.7 Å². The third-order valence-corrected chi connectivity index (χ3v) is 3.02. The molecule has 1 aromatic rings. The lowest BCUT2D eigenvalue weighted by Gasteiger charge is -2.17. The van der Waals surface area contributed by atoms with Crippen LogP contribution in [0.5, 0.6) is 0 Å². The highest BCUT2D eigenvalue weighted by Gasteiger charge is 2.36. The van der Waals surface area contributed by atoms with E-state index in [1.165, 1.54) is 0 Å². The van der Waals surface area contributed by atoms with Gasteiger partial charge in [-0.15, -0.1) is 0 Å². The lowest BCUT2D eigenvalue weighted by molar-refractivity contribution is -0.147. The SMILES string of the molecule is CCOC(=O)[C@H](C)CN1C(=O)c2ccccc2C1=O. The smallest absolute Gasteiger partial charge is 0.310 e. The summed E-state index contributed by atoms with van der Waals surface area (Å²) in [6.07, 6.45) is 0. The van der Waals surface area contributed by atoms with Crippen molar-refractivity contribution >= 4 is 17.8 Å². The van der Waals surface area contributed by atoms with Crippen molar-refractivity contribution in [1.29, 1.82) is 0 Å². The summed E-state index contributed by atoms with van der Waals surface area (Å²) in [5.41, 5.74) is 0.784. The van der Waals surface area contributed by atoms with Crippen LogP contribution in [-0.2, 0) is 9.53 Å². The average Bonchev–Trinajstić information content (AvgIpc) is 2.65. The third-order valence-electron chi connectivity index (χ3n) is 3.02. The van der Waals surface area contributed by atoms with Crippen LogP contribution in [0.1, 0.15) is 34.6 Å². The number of nitrogens with zero attached hydrogens (tertiary/aromatic N) is 1. The topological polar surface area (TPSA) is 63.7 Å². The van der Waals surface area contributed by atoms with Gasteiger partial charge in [-0.25, -0.2) is 0 Å². The Labute approximate surface area is 111 Å². The number of benzene rings is 1. The molecule has 5 heteroatoms. The molecule has 1 atom stereocenters. The van der Waals surface area contributed by atoms with Gasteiger partial charge in [-0.05, 0) is 19.1 Å². The van der Waals surface area contributed by atoms with E-state index in [0.717, 1.165) is 4.90 Å². The highest BCUT2D eigenvalue weighted by atomic mass is 16.5. The number of ether oxygens (including phenoxy) is 1. The van der Waals surface area contributed by atoms with Gasteiger partial charge in [0.25, 0.3) is 11.8 Å². The van der Waals surface area contributed by atoms with E-state index in [9.17, 15) is 14.4 Å². The molecule has 0 bridgehead atoms. The molecule has 0 unspecified atom stereocenters. The summed E-state index contributed by atoms with van der Waals surface area (Å²) in [6.45, 7) is 3.69. The number of amides is 2. The summed E-state index contributed by atoms with van der Waals surface area (Å²) < 4.78 is 4.87. The van der Waals surface area contributed by atoms with Gasteiger partial charge in [-0.1, -0.05) is 19.1 Å². The van der Waals surface area contributed by atoms with Crippen LogP contribution < -0.4 is 0 Å². The second-order valence-corrected chi connectivity index (χ2v) is 4.42. The molecule has 2 rings (SSSR count). The first-order valence-electron chi connectivity index (χ1n) is 6.18. The highest BCUT2D eigenvalue weighted by Crippen LogP contribution is 2.23. The average molecular weight is 261 g/mol. The number of hydrogen-bond acceptors (Lipinski definition) is 4. The summed E-state index contributed by atoms with van der Waals surface area (Å²) in [4.78, 5) is 36.8. The van der Waals surface area contributed by atoms with E-state index in [1.54, 1.807) is 38.1 Å². The van der Waals surface area contributed by atoms with Crippen molar-refractivity contribution in [1.82, 2.24) is 4.90 Å². The van der Waals surface area contributed by atoms with E-state index in [2.05, 4.69) is 0 Å². The Bertz CT molecular complexity index is 503. The van der Waals surface area contributed by atoms with Crippen molar-refractivity contribution in [3.63, 3.8) is 0 Å². The van der Waals surface area contributed by atoms with Gasteiger partial charge >= 0.3 is 5.97 Å². The molecule has 0 saturated carbocycles. The Balaban J connectivity index is 2.14.